The Bertz CT molecular complexity index is 528. The predicted molar refractivity (Wildman–Crippen MR) is 62.6 cm³/mol. The fourth-order valence-electron chi connectivity index (χ4n) is 1.46. The molecular weight excluding hydrogens is 224 g/mol. The maximum Gasteiger partial charge on any atom is 0.356 e. The monoisotopic (exact) mass is 236 g/mol. The number of nitrogens with zero attached hydrogens (tertiary/aromatic N) is 2. The Hall–Kier alpha value is -1.62. The maximum atomic E-state index is 11.4. The van der Waals surface area contributed by atoms with Crippen LogP contribution in [0.25, 0.3) is 10.6 Å². The van der Waals surface area contributed by atoms with Crippen molar-refractivity contribution in [3.63, 3.8) is 0 Å². The number of hydrogen-bond acceptors (Lipinski definition) is 4. The number of aromatic nitrogens is 2. The fourth-order valence-corrected chi connectivity index (χ4v) is 2.28. The topological polar surface area (TPSA) is 44.1 Å². The molecule has 0 aliphatic rings. The van der Waals surface area contributed by atoms with Gasteiger partial charge in [0.05, 0.1) is 12.0 Å². The van der Waals surface area contributed by atoms with Gasteiger partial charge >= 0.3 is 5.97 Å². The number of carbonyl (C=O) groups is 1. The van der Waals surface area contributed by atoms with Gasteiger partial charge in [-0.2, -0.15) is 5.10 Å². The second-order valence-electron chi connectivity index (χ2n) is 3.44. The lowest BCUT2D eigenvalue weighted by Gasteiger charge is -1.96. The van der Waals surface area contributed by atoms with Gasteiger partial charge in [-0.3, -0.25) is 4.68 Å². The highest BCUT2D eigenvalue weighted by molar-refractivity contribution is 7.15. The number of aryl methyl sites for hydroxylation is 2. The van der Waals surface area contributed by atoms with Crippen LogP contribution in [0.4, 0.5) is 0 Å². The molecule has 0 radical (unpaired) electrons. The molecule has 0 amide bonds. The van der Waals surface area contributed by atoms with Gasteiger partial charge in [-0.25, -0.2) is 4.79 Å². The van der Waals surface area contributed by atoms with Crippen molar-refractivity contribution in [2.45, 2.75) is 6.92 Å². The molecule has 2 heterocycles. The summed E-state index contributed by atoms with van der Waals surface area (Å²) in [6.45, 7) is 2.04. The molecule has 0 bridgehead atoms. The Labute approximate surface area is 97.5 Å². The van der Waals surface area contributed by atoms with E-state index >= 15 is 0 Å². The fraction of sp³-hybridized carbons (Fsp3) is 0.273. The summed E-state index contributed by atoms with van der Waals surface area (Å²) in [7, 11) is 3.10. The van der Waals surface area contributed by atoms with Crippen LogP contribution in [0.15, 0.2) is 18.2 Å². The minimum atomic E-state index is -0.366. The van der Waals surface area contributed by atoms with Crippen molar-refractivity contribution in [2.75, 3.05) is 7.11 Å². The van der Waals surface area contributed by atoms with E-state index in [1.807, 2.05) is 19.1 Å². The van der Waals surface area contributed by atoms with E-state index in [2.05, 4.69) is 9.84 Å². The van der Waals surface area contributed by atoms with E-state index in [4.69, 9.17) is 0 Å². The third-order valence-corrected chi connectivity index (χ3v) is 3.29. The van der Waals surface area contributed by atoms with Crippen LogP contribution in [0.3, 0.4) is 0 Å². The van der Waals surface area contributed by atoms with Crippen molar-refractivity contribution in [1.82, 2.24) is 9.78 Å². The summed E-state index contributed by atoms with van der Waals surface area (Å²) in [5.74, 6) is -0.366. The Kier molecular flexibility index (Phi) is 2.78. The van der Waals surface area contributed by atoms with Crippen molar-refractivity contribution >= 4 is 17.3 Å². The molecule has 0 spiro atoms. The van der Waals surface area contributed by atoms with Gasteiger partial charge in [0, 0.05) is 11.9 Å². The van der Waals surface area contributed by atoms with Gasteiger partial charge in [0.2, 0.25) is 0 Å². The predicted octanol–water partition coefficient (Wildman–Crippen LogP) is 2.24. The van der Waals surface area contributed by atoms with E-state index in [1.54, 1.807) is 24.5 Å². The second kappa shape index (κ2) is 4.09. The van der Waals surface area contributed by atoms with E-state index in [-0.39, 0.29) is 5.97 Å². The molecule has 5 heteroatoms. The molecule has 0 aliphatic carbocycles. The van der Waals surface area contributed by atoms with Crippen LogP contribution in [-0.2, 0) is 11.8 Å². The number of thiophene rings is 1. The van der Waals surface area contributed by atoms with E-state index in [9.17, 15) is 4.79 Å². The first-order valence-electron chi connectivity index (χ1n) is 4.81. The van der Waals surface area contributed by atoms with E-state index in [1.165, 1.54) is 16.7 Å². The average Bonchev–Trinajstić information content (AvgIpc) is 2.83. The van der Waals surface area contributed by atoms with Gasteiger partial charge in [0.15, 0.2) is 0 Å². The number of esters is 1. The number of carbonyl (C=O) groups excluding carboxylic acids is 1. The number of rotatable bonds is 2. The summed E-state index contributed by atoms with van der Waals surface area (Å²) in [6.07, 6.45) is 0. The highest BCUT2D eigenvalue weighted by atomic mass is 32.1. The molecule has 0 atom stereocenters. The largest absolute Gasteiger partial charge is 0.464 e. The average molecular weight is 236 g/mol. The van der Waals surface area contributed by atoms with Gasteiger partial charge in [-0.15, -0.1) is 11.3 Å². The first-order valence-corrected chi connectivity index (χ1v) is 5.62. The highest BCUT2D eigenvalue weighted by Gasteiger charge is 2.14. The molecule has 0 saturated heterocycles. The van der Waals surface area contributed by atoms with Crippen LogP contribution in [0.1, 0.15) is 15.4 Å². The number of hydrogen-bond donors (Lipinski definition) is 0. The zero-order chi connectivity index (χ0) is 11.7. The molecule has 0 aromatic carbocycles. The quantitative estimate of drug-likeness (QED) is 0.751. The Morgan fingerprint density at radius 2 is 2.25 bits per heavy atom. The first-order chi connectivity index (χ1) is 7.61. The normalized spacial score (nSPS) is 10.4. The van der Waals surface area contributed by atoms with E-state index in [0.717, 1.165) is 10.6 Å². The molecule has 2 rings (SSSR count). The molecule has 0 unspecified atom stereocenters. The third kappa shape index (κ3) is 1.86. The van der Waals surface area contributed by atoms with Gasteiger partial charge in [-0.1, -0.05) is 0 Å². The van der Waals surface area contributed by atoms with Crippen molar-refractivity contribution in [2.24, 2.45) is 7.05 Å². The van der Waals surface area contributed by atoms with Gasteiger partial charge in [0.1, 0.15) is 11.4 Å². The maximum absolute atomic E-state index is 11.4. The number of ether oxygens (including phenoxy) is 1. The molecule has 0 N–H and O–H groups in total. The Balaban J connectivity index is 2.41. The third-order valence-electron chi connectivity index (χ3n) is 2.27. The van der Waals surface area contributed by atoms with Gasteiger partial charge < -0.3 is 4.74 Å². The molecule has 2 aromatic heterocycles. The van der Waals surface area contributed by atoms with E-state index in [0.29, 0.717) is 5.69 Å². The van der Waals surface area contributed by atoms with Crippen LogP contribution in [0.2, 0.25) is 0 Å². The molecule has 0 saturated carbocycles. The van der Waals surface area contributed by atoms with Crippen LogP contribution in [-0.4, -0.2) is 22.9 Å². The first kappa shape index (κ1) is 10.9. The Morgan fingerprint density at radius 1 is 1.50 bits per heavy atom. The van der Waals surface area contributed by atoms with Crippen molar-refractivity contribution < 1.29 is 9.53 Å². The van der Waals surface area contributed by atoms with Gasteiger partial charge in [0.25, 0.3) is 0 Å². The highest BCUT2D eigenvalue weighted by Crippen LogP contribution is 2.27. The van der Waals surface area contributed by atoms with Gasteiger partial charge in [-0.05, 0) is 25.1 Å². The van der Waals surface area contributed by atoms with Crippen LogP contribution >= 0.6 is 11.3 Å². The van der Waals surface area contributed by atoms with Crippen LogP contribution in [0, 0.1) is 6.92 Å². The smallest absolute Gasteiger partial charge is 0.356 e. The molecule has 84 valence electrons. The summed E-state index contributed by atoms with van der Waals surface area (Å²) in [4.78, 5) is 13.7. The second-order valence-corrected chi connectivity index (χ2v) is 4.73. The van der Waals surface area contributed by atoms with E-state index < -0.39 is 0 Å². The molecular formula is C11H12N2O2S. The molecule has 0 fully saturated rings. The SMILES string of the molecule is COC(=O)c1cc(-c2ccc(C)s2)nn1C. The molecule has 0 aliphatic heterocycles. The van der Waals surface area contributed by atoms with Crippen LogP contribution in [0.5, 0.6) is 0 Å². The number of methoxy groups -OCH3 is 1. The molecule has 2 aromatic rings. The minimum Gasteiger partial charge on any atom is -0.464 e. The lowest BCUT2D eigenvalue weighted by molar-refractivity contribution is 0.0588. The minimum absolute atomic E-state index is 0.366. The lowest BCUT2D eigenvalue weighted by Crippen LogP contribution is -2.07. The van der Waals surface area contributed by atoms with Crippen LogP contribution < -0.4 is 0 Å². The Morgan fingerprint density at radius 3 is 2.81 bits per heavy atom. The zero-order valence-corrected chi connectivity index (χ0v) is 10.2. The van der Waals surface area contributed by atoms with Crippen molar-refractivity contribution in [3.8, 4) is 10.6 Å². The molecule has 16 heavy (non-hydrogen) atoms. The summed E-state index contributed by atoms with van der Waals surface area (Å²) >= 11 is 1.65. The molecule has 4 nitrogen and oxygen atoms in total. The standard InChI is InChI=1S/C11H12N2O2S/c1-7-4-5-10(16-7)8-6-9(11(14)15-3)13(2)12-8/h4-6H,1-3H3. The summed E-state index contributed by atoms with van der Waals surface area (Å²) in [6, 6.07) is 5.78. The van der Waals surface area contributed by atoms with Crippen molar-refractivity contribution in [1.29, 1.82) is 0 Å². The van der Waals surface area contributed by atoms with Crippen molar-refractivity contribution in [3.05, 3.63) is 28.8 Å². The summed E-state index contributed by atoms with van der Waals surface area (Å²) in [5, 5.41) is 4.29. The lowest BCUT2D eigenvalue weighted by atomic mass is 10.3. The summed E-state index contributed by atoms with van der Waals surface area (Å²) in [5.41, 5.74) is 1.27. The summed E-state index contributed by atoms with van der Waals surface area (Å²) < 4.78 is 6.21. The zero-order valence-electron chi connectivity index (χ0n) is 9.35.